The maximum atomic E-state index is 11.3. The second-order valence-corrected chi connectivity index (χ2v) is 11.8. The van der Waals surface area contributed by atoms with Gasteiger partial charge in [-0.25, -0.2) is 0 Å². The third kappa shape index (κ3) is 11.8. The molecule has 0 fully saturated rings. The van der Waals surface area contributed by atoms with Gasteiger partial charge in [-0.3, -0.25) is 0 Å². The molecule has 2 aromatic carbocycles. The number of rotatable bonds is 13. The lowest BCUT2D eigenvalue weighted by atomic mass is 9.91. The molecule has 2 aromatic rings. The van der Waals surface area contributed by atoms with Gasteiger partial charge in [-0.15, -0.1) is 11.8 Å². The summed E-state index contributed by atoms with van der Waals surface area (Å²) in [6, 6.07) is 13.9. The highest BCUT2D eigenvalue weighted by atomic mass is 32.2. The van der Waals surface area contributed by atoms with Crippen LogP contribution in [0.1, 0.15) is 103 Å². The van der Waals surface area contributed by atoms with Crippen LogP contribution in [0, 0.1) is 28.6 Å². The van der Waals surface area contributed by atoms with Crippen molar-refractivity contribution in [2.45, 2.75) is 87.0 Å². The first kappa shape index (κ1) is 35.5. The summed E-state index contributed by atoms with van der Waals surface area (Å²) in [6.45, 7) is 21.7. The molecule has 0 bridgehead atoms. The average molecular weight is 571 g/mol. The Kier molecular flexibility index (Phi) is 16.2. The Bertz CT molecular complexity index is 1410. The Hall–Kier alpha value is -3.54. The van der Waals surface area contributed by atoms with Gasteiger partial charge in [-0.2, -0.15) is 10.5 Å². The van der Waals surface area contributed by atoms with Gasteiger partial charge in [0.25, 0.3) is 0 Å². The monoisotopic (exact) mass is 570 g/mol. The zero-order chi connectivity index (χ0) is 30.9. The lowest BCUT2D eigenvalue weighted by Gasteiger charge is -2.14. The lowest BCUT2D eigenvalue weighted by Crippen LogP contribution is -2.33. The molecule has 0 spiro atoms. The van der Waals surface area contributed by atoms with Crippen LogP contribution in [0.5, 0.6) is 5.75 Å². The summed E-state index contributed by atoms with van der Waals surface area (Å²) in [7, 11) is 0. The molecule has 1 unspecified atom stereocenters. The molecule has 0 amide bonds. The SMILES string of the molecule is C=C(C)SCC.C=C(C)c1c(C#N)c(C#N)cc(=C/CC(CC)CCC)/c1=C(\C)Oc1ccc(CCC(C)=O)cc1. The molecule has 41 heavy (non-hydrogen) atoms. The van der Waals surface area contributed by atoms with E-state index in [-0.39, 0.29) is 5.78 Å². The molecule has 0 aromatic heterocycles. The number of carbonyl (C=O) groups is 1. The summed E-state index contributed by atoms with van der Waals surface area (Å²) >= 11 is 1.79. The van der Waals surface area contributed by atoms with E-state index in [0.29, 0.717) is 52.5 Å². The number of allylic oxidation sites excluding steroid dienone is 2. The van der Waals surface area contributed by atoms with Crippen molar-refractivity contribution in [1.82, 2.24) is 0 Å². The van der Waals surface area contributed by atoms with Gasteiger partial charge in [-0.05, 0) is 91.7 Å². The molecule has 0 aliphatic heterocycles. The molecule has 5 heteroatoms. The number of carbonyl (C=O) groups excluding carboxylic acids is 1. The minimum absolute atomic E-state index is 0.170. The quantitative estimate of drug-likeness (QED) is 0.241. The molecule has 1 atom stereocenters. The van der Waals surface area contributed by atoms with E-state index in [4.69, 9.17) is 4.74 Å². The van der Waals surface area contributed by atoms with Crippen LogP contribution in [0.3, 0.4) is 0 Å². The maximum absolute atomic E-state index is 11.3. The van der Waals surface area contributed by atoms with Gasteiger partial charge in [0.05, 0.1) is 11.1 Å². The van der Waals surface area contributed by atoms with Crippen molar-refractivity contribution in [2.24, 2.45) is 5.92 Å². The van der Waals surface area contributed by atoms with Gasteiger partial charge in [0.15, 0.2) is 0 Å². The van der Waals surface area contributed by atoms with E-state index < -0.39 is 0 Å². The number of ether oxygens (including phenoxy) is 1. The number of hydrogen-bond acceptors (Lipinski definition) is 5. The Morgan fingerprint density at radius 3 is 2.15 bits per heavy atom. The molecule has 0 N–H and O–H groups in total. The maximum Gasteiger partial charge on any atom is 0.130 e. The zero-order valence-corrected chi connectivity index (χ0v) is 26.8. The van der Waals surface area contributed by atoms with Crippen LogP contribution in [0.4, 0.5) is 0 Å². The molecule has 0 saturated carbocycles. The van der Waals surface area contributed by atoms with Crippen molar-refractivity contribution in [3.63, 3.8) is 0 Å². The van der Waals surface area contributed by atoms with Gasteiger partial charge in [0.2, 0.25) is 0 Å². The predicted molar refractivity (Wildman–Crippen MR) is 176 cm³/mol. The second kappa shape index (κ2) is 18.7. The standard InChI is InChI=1S/C31H36N2O2.C5H10S/c1-7-9-24(8-2)12-15-26-18-27(19-32)29(20-33)30(21(3)4)31(26)23(6)35-28-16-13-25(14-17-28)11-10-22(5)34;1-4-6-5(2)3/h13-18,24H,3,7-12H2,1-2,4-6H3;2,4H2,1,3H3/b26-15-,31-23-;. The first-order valence-electron chi connectivity index (χ1n) is 14.4. The predicted octanol–water partition coefficient (Wildman–Crippen LogP) is 8.46. The summed E-state index contributed by atoms with van der Waals surface area (Å²) < 4.78 is 6.26. The van der Waals surface area contributed by atoms with Crippen LogP contribution in [-0.4, -0.2) is 11.5 Å². The number of thioether (sulfide) groups is 1. The average Bonchev–Trinajstić information content (AvgIpc) is 2.93. The van der Waals surface area contributed by atoms with E-state index in [9.17, 15) is 15.3 Å². The first-order valence-corrected chi connectivity index (χ1v) is 15.4. The van der Waals surface area contributed by atoms with Crippen LogP contribution in [0.2, 0.25) is 0 Å². The number of ketones is 1. The van der Waals surface area contributed by atoms with E-state index in [1.165, 1.54) is 4.91 Å². The van der Waals surface area contributed by atoms with Crippen molar-refractivity contribution in [3.05, 3.63) is 81.1 Å². The van der Waals surface area contributed by atoms with Gasteiger partial charge in [0.1, 0.15) is 29.4 Å². The van der Waals surface area contributed by atoms with Crippen molar-refractivity contribution < 1.29 is 9.53 Å². The fourth-order valence-electron chi connectivity index (χ4n) is 4.58. The Morgan fingerprint density at radius 1 is 1.05 bits per heavy atom. The summed E-state index contributed by atoms with van der Waals surface area (Å²) in [4.78, 5) is 12.5. The molecule has 2 rings (SSSR count). The zero-order valence-electron chi connectivity index (χ0n) is 26.0. The van der Waals surface area contributed by atoms with E-state index in [0.717, 1.165) is 47.4 Å². The van der Waals surface area contributed by atoms with E-state index in [1.54, 1.807) is 24.8 Å². The van der Waals surface area contributed by atoms with Crippen molar-refractivity contribution in [1.29, 1.82) is 10.5 Å². The molecule has 0 radical (unpaired) electrons. The third-order valence-corrected chi connectivity index (χ3v) is 7.45. The topological polar surface area (TPSA) is 73.9 Å². The van der Waals surface area contributed by atoms with Gasteiger partial charge < -0.3 is 9.53 Å². The van der Waals surface area contributed by atoms with Crippen LogP contribution < -0.4 is 15.2 Å². The minimum Gasteiger partial charge on any atom is -0.461 e. The normalized spacial score (nSPS) is 12.3. The lowest BCUT2D eigenvalue weighted by molar-refractivity contribution is -0.116. The highest BCUT2D eigenvalue weighted by Gasteiger charge is 2.15. The number of benzene rings is 2. The molecule has 0 saturated heterocycles. The van der Waals surface area contributed by atoms with Crippen LogP contribution in [0.25, 0.3) is 17.4 Å². The fraction of sp³-hybridized carbons (Fsp3) is 0.417. The highest BCUT2D eigenvalue weighted by molar-refractivity contribution is 8.02. The van der Waals surface area contributed by atoms with Crippen LogP contribution in [0.15, 0.2) is 48.4 Å². The van der Waals surface area contributed by atoms with E-state index >= 15 is 0 Å². The Morgan fingerprint density at radius 2 is 1.71 bits per heavy atom. The molecule has 0 aliphatic rings. The number of Topliss-reactive ketones (excluding diaryl/α,β-unsaturated/α-hetero) is 1. The fourth-order valence-corrected chi connectivity index (χ4v) is 5.08. The van der Waals surface area contributed by atoms with E-state index in [1.807, 2.05) is 45.0 Å². The molecular weight excluding hydrogens is 524 g/mol. The molecule has 0 heterocycles. The Labute approximate surface area is 252 Å². The van der Waals surface area contributed by atoms with Crippen molar-refractivity contribution in [3.8, 4) is 17.9 Å². The van der Waals surface area contributed by atoms with Gasteiger partial charge in [-0.1, -0.05) is 71.4 Å². The summed E-state index contributed by atoms with van der Waals surface area (Å²) in [5.74, 6) is 3.20. The Balaban J connectivity index is 0.00000126. The summed E-state index contributed by atoms with van der Waals surface area (Å²) in [6.07, 6.45) is 7.65. The summed E-state index contributed by atoms with van der Waals surface area (Å²) in [5, 5.41) is 21.3. The number of nitrogens with zero attached hydrogens (tertiary/aromatic N) is 2. The van der Waals surface area contributed by atoms with Crippen LogP contribution in [-0.2, 0) is 11.2 Å². The second-order valence-electron chi connectivity index (χ2n) is 10.3. The third-order valence-electron chi connectivity index (χ3n) is 6.67. The van der Waals surface area contributed by atoms with Crippen LogP contribution >= 0.6 is 11.8 Å². The highest BCUT2D eigenvalue weighted by Crippen LogP contribution is 2.20. The van der Waals surface area contributed by atoms with Crippen molar-refractivity contribution in [2.75, 3.05) is 5.75 Å². The van der Waals surface area contributed by atoms with Gasteiger partial charge >= 0.3 is 0 Å². The number of aryl methyl sites for hydroxylation is 1. The molecule has 0 aliphatic carbocycles. The molecule has 218 valence electrons. The van der Waals surface area contributed by atoms with Gasteiger partial charge in [0, 0.05) is 17.2 Å². The molecular formula is C36H46N2O2S. The first-order chi connectivity index (χ1) is 19.5. The largest absolute Gasteiger partial charge is 0.461 e. The van der Waals surface area contributed by atoms with E-state index in [2.05, 4.69) is 52.1 Å². The van der Waals surface area contributed by atoms with Crippen molar-refractivity contribution >= 4 is 35.0 Å². The smallest absolute Gasteiger partial charge is 0.130 e. The number of nitriles is 2. The number of hydrogen-bond donors (Lipinski definition) is 0. The minimum atomic E-state index is 0.170. The molecule has 4 nitrogen and oxygen atoms in total. The summed E-state index contributed by atoms with van der Waals surface area (Å²) in [5.41, 5.74) is 3.14.